The Labute approximate surface area is 146 Å². The number of carbonyl (C=O) groups is 2. The smallest absolute Gasteiger partial charge is 0.340 e. The Morgan fingerprint density at radius 2 is 2.12 bits per heavy atom. The number of carbonyl (C=O) groups excluding carboxylic acids is 2. The molecular weight excluding hydrogens is 330 g/mol. The molecule has 1 aliphatic heterocycles. The summed E-state index contributed by atoms with van der Waals surface area (Å²) in [5.74, 6) is -0.746. The van der Waals surface area contributed by atoms with E-state index in [1.165, 1.54) is 4.90 Å². The van der Waals surface area contributed by atoms with Crippen LogP contribution in [0.2, 0.25) is 5.02 Å². The summed E-state index contributed by atoms with van der Waals surface area (Å²) in [6.45, 7) is 4.46. The van der Waals surface area contributed by atoms with Gasteiger partial charge in [0, 0.05) is 24.4 Å². The van der Waals surface area contributed by atoms with Gasteiger partial charge in [-0.1, -0.05) is 23.7 Å². The van der Waals surface area contributed by atoms with E-state index in [1.807, 2.05) is 6.07 Å². The minimum Gasteiger partial charge on any atom is -0.462 e. The number of nitrogens with zero attached hydrogens (tertiary/aromatic N) is 1. The van der Waals surface area contributed by atoms with E-state index in [4.69, 9.17) is 21.1 Å². The van der Waals surface area contributed by atoms with Crippen LogP contribution in [0.25, 0.3) is 6.08 Å². The van der Waals surface area contributed by atoms with Crippen LogP contribution >= 0.6 is 11.6 Å². The van der Waals surface area contributed by atoms with E-state index >= 15 is 0 Å². The third kappa shape index (κ3) is 3.86. The second kappa shape index (κ2) is 8.13. The van der Waals surface area contributed by atoms with Gasteiger partial charge in [0.2, 0.25) is 0 Å². The highest BCUT2D eigenvalue weighted by Crippen LogP contribution is 2.31. The summed E-state index contributed by atoms with van der Waals surface area (Å²) in [6.07, 6.45) is 1.66. The summed E-state index contributed by atoms with van der Waals surface area (Å²) in [6, 6.07) is 7.09. The average Bonchev–Trinajstić information content (AvgIpc) is 2.76. The number of ether oxygens (including phenoxy) is 2. The lowest BCUT2D eigenvalue weighted by atomic mass is 10.0. The molecule has 128 valence electrons. The van der Waals surface area contributed by atoms with Crippen molar-refractivity contribution < 1.29 is 19.1 Å². The number of hydrogen-bond acceptors (Lipinski definition) is 4. The van der Waals surface area contributed by atoms with Crippen LogP contribution in [0.4, 0.5) is 0 Å². The van der Waals surface area contributed by atoms with Crippen molar-refractivity contribution in [2.75, 3.05) is 26.9 Å². The third-order valence-corrected chi connectivity index (χ3v) is 3.90. The van der Waals surface area contributed by atoms with E-state index in [0.29, 0.717) is 29.4 Å². The second-order valence-corrected chi connectivity index (χ2v) is 5.68. The van der Waals surface area contributed by atoms with E-state index in [9.17, 15) is 9.59 Å². The number of rotatable bonds is 6. The zero-order chi connectivity index (χ0) is 17.7. The lowest BCUT2D eigenvalue weighted by molar-refractivity contribution is -0.138. The molecule has 0 N–H and O–H groups in total. The zero-order valence-corrected chi connectivity index (χ0v) is 14.7. The van der Waals surface area contributed by atoms with Crippen LogP contribution in [-0.4, -0.2) is 43.6 Å². The van der Waals surface area contributed by atoms with Crippen molar-refractivity contribution in [3.8, 4) is 0 Å². The zero-order valence-electron chi connectivity index (χ0n) is 14.0. The van der Waals surface area contributed by atoms with Crippen molar-refractivity contribution in [1.82, 2.24) is 4.90 Å². The maximum atomic E-state index is 12.7. The third-order valence-electron chi connectivity index (χ3n) is 3.67. The van der Waals surface area contributed by atoms with Gasteiger partial charge in [-0.05, 0) is 37.6 Å². The van der Waals surface area contributed by atoms with Crippen LogP contribution in [0.5, 0.6) is 0 Å². The molecule has 0 aliphatic carbocycles. The van der Waals surface area contributed by atoms with Crippen LogP contribution < -0.4 is 0 Å². The molecule has 24 heavy (non-hydrogen) atoms. The number of methoxy groups -OCH3 is 1. The molecule has 0 spiro atoms. The average molecular weight is 350 g/mol. The van der Waals surface area contributed by atoms with Crippen molar-refractivity contribution in [3.63, 3.8) is 0 Å². The number of benzene rings is 1. The fraction of sp³-hybridized carbons (Fsp3) is 0.333. The van der Waals surface area contributed by atoms with Crippen LogP contribution in [0.1, 0.15) is 19.4 Å². The maximum Gasteiger partial charge on any atom is 0.340 e. The topological polar surface area (TPSA) is 55.8 Å². The van der Waals surface area contributed by atoms with Crippen LogP contribution in [0.3, 0.4) is 0 Å². The number of amides is 1. The lowest BCUT2D eigenvalue weighted by Gasteiger charge is -2.16. The second-order valence-electron chi connectivity index (χ2n) is 5.24. The Kier molecular flexibility index (Phi) is 6.17. The van der Waals surface area contributed by atoms with E-state index in [-0.39, 0.29) is 18.1 Å². The van der Waals surface area contributed by atoms with Crippen LogP contribution in [0.15, 0.2) is 41.1 Å². The standard InChI is InChI=1S/C18H20ClNO4/c1-4-24-18(22)16-12(2)20(8-9-23-3)17(21)15(16)11-13-6-5-7-14(19)10-13/h5-7,10-11H,4,8-9H2,1-3H3/b15-11-. The maximum absolute atomic E-state index is 12.7. The molecule has 0 aromatic heterocycles. The first-order valence-electron chi connectivity index (χ1n) is 7.66. The lowest BCUT2D eigenvalue weighted by Crippen LogP contribution is -2.28. The monoisotopic (exact) mass is 349 g/mol. The van der Waals surface area contributed by atoms with Crippen molar-refractivity contribution in [2.45, 2.75) is 13.8 Å². The molecule has 1 aliphatic rings. The van der Waals surface area contributed by atoms with Gasteiger partial charge in [-0.25, -0.2) is 4.79 Å². The fourth-order valence-corrected chi connectivity index (χ4v) is 2.74. The molecule has 6 heteroatoms. The first-order valence-corrected chi connectivity index (χ1v) is 8.03. The van der Waals surface area contributed by atoms with Gasteiger partial charge < -0.3 is 14.4 Å². The number of halogens is 1. The van der Waals surface area contributed by atoms with Gasteiger partial charge in [-0.2, -0.15) is 0 Å². The Balaban J connectivity index is 2.46. The van der Waals surface area contributed by atoms with Gasteiger partial charge in [-0.3, -0.25) is 4.79 Å². The summed E-state index contributed by atoms with van der Waals surface area (Å²) in [7, 11) is 1.56. The van der Waals surface area contributed by atoms with Gasteiger partial charge in [0.15, 0.2) is 0 Å². The summed E-state index contributed by atoms with van der Waals surface area (Å²) < 4.78 is 10.2. The van der Waals surface area contributed by atoms with E-state index in [1.54, 1.807) is 45.2 Å². The van der Waals surface area contributed by atoms with Crippen LogP contribution in [0, 0.1) is 0 Å². The molecule has 1 heterocycles. The Hall–Kier alpha value is -2.11. The normalized spacial score (nSPS) is 16.2. The Bertz CT molecular complexity index is 709. The predicted octanol–water partition coefficient (Wildman–Crippen LogP) is 3.05. The quantitative estimate of drug-likeness (QED) is 0.585. The molecule has 0 fully saturated rings. The number of hydrogen-bond donors (Lipinski definition) is 0. The molecule has 0 saturated carbocycles. The Morgan fingerprint density at radius 1 is 1.38 bits per heavy atom. The SMILES string of the molecule is CCOC(=O)C1=C(C)N(CCOC)C(=O)/C1=C\c1cccc(Cl)c1. The van der Waals surface area contributed by atoms with Gasteiger partial charge in [0.25, 0.3) is 5.91 Å². The minimum absolute atomic E-state index is 0.242. The van der Waals surface area contributed by atoms with E-state index in [0.717, 1.165) is 5.56 Å². The largest absolute Gasteiger partial charge is 0.462 e. The van der Waals surface area contributed by atoms with Gasteiger partial charge in [0.1, 0.15) is 0 Å². The highest BCUT2D eigenvalue weighted by Gasteiger charge is 2.36. The molecule has 1 amide bonds. The summed E-state index contributed by atoms with van der Waals surface area (Å²) in [5.41, 5.74) is 1.92. The molecule has 1 aromatic rings. The van der Waals surface area contributed by atoms with E-state index < -0.39 is 5.97 Å². The molecule has 2 rings (SSSR count). The van der Waals surface area contributed by atoms with Crippen molar-refractivity contribution in [2.24, 2.45) is 0 Å². The molecule has 0 radical (unpaired) electrons. The summed E-state index contributed by atoms with van der Waals surface area (Å²) in [4.78, 5) is 26.6. The Morgan fingerprint density at radius 3 is 2.75 bits per heavy atom. The first-order chi connectivity index (χ1) is 11.5. The molecule has 0 bridgehead atoms. The molecule has 0 saturated heterocycles. The molecule has 0 unspecified atom stereocenters. The van der Waals surface area contributed by atoms with Crippen LogP contribution in [-0.2, 0) is 19.1 Å². The van der Waals surface area contributed by atoms with Gasteiger partial charge >= 0.3 is 5.97 Å². The van der Waals surface area contributed by atoms with Crippen molar-refractivity contribution in [3.05, 3.63) is 51.7 Å². The van der Waals surface area contributed by atoms with Gasteiger partial charge in [-0.15, -0.1) is 0 Å². The van der Waals surface area contributed by atoms with Crippen molar-refractivity contribution in [1.29, 1.82) is 0 Å². The predicted molar refractivity (Wildman–Crippen MR) is 92.4 cm³/mol. The molecule has 5 nitrogen and oxygen atoms in total. The number of esters is 1. The van der Waals surface area contributed by atoms with E-state index in [2.05, 4.69) is 0 Å². The molecular formula is C18H20ClNO4. The molecule has 1 aromatic carbocycles. The summed E-state index contributed by atoms with van der Waals surface area (Å²) >= 11 is 6.00. The first kappa shape index (κ1) is 18.2. The van der Waals surface area contributed by atoms with Gasteiger partial charge in [0.05, 0.1) is 24.4 Å². The summed E-state index contributed by atoms with van der Waals surface area (Å²) in [5, 5.41) is 0.560. The fourth-order valence-electron chi connectivity index (χ4n) is 2.54. The highest BCUT2D eigenvalue weighted by molar-refractivity contribution is 6.30. The number of allylic oxidation sites excluding steroid dienone is 1. The molecule has 0 atom stereocenters. The highest BCUT2D eigenvalue weighted by atomic mass is 35.5. The minimum atomic E-state index is -0.503. The van der Waals surface area contributed by atoms with Crippen molar-refractivity contribution >= 4 is 29.6 Å².